The number of methoxy groups -OCH3 is 1. The molecule has 1 aromatic carbocycles. The van der Waals surface area contributed by atoms with Crippen LogP contribution in [0.15, 0.2) is 18.2 Å². The summed E-state index contributed by atoms with van der Waals surface area (Å²) in [5.74, 6) is -0.579. The molecule has 4 nitrogen and oxygen atoms in total. The number of ether oxygens (including phenoxy) is 1. The highest BCUT2D eigenvalue weighted by molar-refractivity contribution is 5.75. The predicted octanol–water partition coefficient (Wildman–Crippen LogP) is 1.19. The minimum atomic E-state index is -0.410. The lowest BCUT2D eigenvalue weighted by Crippen LogP contribution is -2.37. The second-order valence-corrected chi connectivity index (χ2v) is 4.80. The molecule has 0 bridgehead atoms. The summed E-state index contributed by atoms with van der Waals surface area (Å²) in [6.45, 7) is 4.56. The Morgan fingerprint density at radius 2 is 2.17 bits per heavy atom. The SMILES string of the molecule is COc1ccc(C(C)(C)CNCC(N)=O)cc1F. The quantitative estimate of drug-likeness (QED) is 0.801. The summed E-state index contributed by atoms with van der Waals surface area (Å²) in [4.78, 5) is 10.6. The molecule has 0 heterocycles. The molecular formula is C13H19FN2O2. The third-order valence-electron chi connectivity index (χ3n) is 2.80. The third kappa shape index (κ3) is 3.70. The van der Waals surface area contributed by atoms with Crippen molar-refractivity contribution in [2.45, 2.75) is 19.3 Å². The van der Waals surface area contributed by atoms with E-state index in [-0.39, 0.29) is 17.7 Å². The van der Waals surface area contributed by atoms with E-state index in [9.17, 15) is 9.18 Å². The van der Waals surface area contributed by atoms with E-state index in [0.29, 0.717) is 6.54 Å². The molecule has 1 amide bonds. The van der Waals surface area contributed by atoms with Crippen molar-refractivity contribution in [3.8, 4) is 5.75 Å². The molecule has 0 aliphatic carbocycles. The normalized spacial score (nSPS) is 11.3. The predicted molar refractivity (Wildman–Crippen MR) is 68.0 cm³/mol. The molecule has 0 aliphatic rings. The molecule has 0 fully saturated rings. The first-order valence-electron chi connectivity index (χ1n) is 5.70. The minimum absolute atomic E-state index is 0.113. The van der Waals surface area contributed by atoms with E-state index in [1.165, 1.54) is 13.2 Å². The van der Waals surface area contributed by atoms with Gasteiger partial charge in [-0.2, -0.15) is 0 Å². The second kappa shape index (κ2) is 5.82. The molecule has 0 aromatic heterocycles. The van der Waals surface area contributed by atoms with Crippen LogP contribution >= 0.6 is 0 Å². The van der Waals surface area contributed by atoms with Gasteiger partial charge in [-0.15, -0.1) is 0 Å². The van der Waals surface area contributed by atoms with Crippen LogP contribution in [0.4, 0.5) is 4.39 Å². The zero-order valence-electron chi connectivity index (χ0n) is 10.9. The average Bonchev–Trinajstić information content (AvgIpc) is 2.28. The summed E-state index contributed by atoms with van der Waals surface area (Å²) < 4.78 is 18.5. The number of halogens is 1. The first-order valence-corrected chi connectivity index (χ1v) is 5.70. The lowest BCUT2D eigenvalue weighted by Gasteiger charge is -2.25. The largest absolute Gasteiger partial charge is 0.494 e. The van der Waals surface area contributed by atoms with Crippen LogP contribution in [-0.4, -0.2) is 26.1 Å². The molecule has 1 rings (SSSR count). The zero-order valence-corrected chi connectivity index (χ0v) is 10.9. The first-order chi connectivity index (χ1) is 8.36. The van der Waals surface area contributed by atoms with Crippen LogP contribution in [0.2, 0.25) is 0 Å². The number of primary amides is 1. The van der Waals surface area contributed by atoms with Gasteiger partial charge in [0.15, 0.2) is 11.6 Å². The Balaban J connectivity index is 2.77. The number of amides is 1. The highest BCUT2D eigenvalue weighted by Crippen LogP contribution is 2.26. The number of hydrogen-bond acceptors (Lipinski definition) is 3. The van der Waals surface area contributed by atoms with E-state index >= 15 is 0 Å². The lowest BCUT2D eigenvalue weighted by molar-refractivity contribution is -0.117. The summed E-state index contributed by atoms with van der Waals surface area (Å²) in [5, 5.41) is 2.94. The maximum Gasteiger partial charge on any atom is 0.231 e. The van der Waals surface area contributed by atoms with E-state index < -0.39 is 11.7 Å². The molecule has 0 radical (unpaired) electrons. The fraction of sp³-hybridized carbons (Fsp3) is 0.462. The highest BCUT2D eigenvalue weighted by atomic mass is 19.1. The third-order valence-corrected chi connectivity index (χ3v) is 2.80. The number of nitrogens with two attached hydrogens (primary N) is 1. The molecule has 0 aliphatic heterocycles. The van der Waals surface area contributed by atoms with Crippen LogP contribution in [0.25, 0.3) is 0 Å². The average molecular weight is 254 g/mol. The Labute approximate surface area is 106 Å². The van der Waals surface area contributed by atoms with Crippen molar-refractivity contribution in [2.75, 3.05) is 20.2 Å². The Morgan fingerprint density at radius 3 is 2.67 bits per heavy atom. The van der Waals surface area contributed by atoms with Gasteiger partial charge in [0.1, 0.15) is 0 Å². The number of carbonyl (C=O) groups is 1. The van der Waals surface area contributed by atoms with E-state index in [2.05, 4.69) is 5.32 Å². The summed E-state index contributed by atoms with van der Waals surface area (Å²) in [6.07, 6.45) is 0. The highest BCUT2D eigenvalue weighted by Gasteiger charge is 2.21. The summed E-state index contributed by atoms with van der Waals surface area (Å²) in [5.41, 5.74) is 5.57. The molecule has 0 atom stereocenters. The molecule has 0 saturated carbocycles. The Morgan fingerprint density at radius 1 is 1.50 bits per heavy atom. The Bertz CT molecular complexity index is 433. The molecule has 0 unspecified atom stereocenters. The van der Waals surface area contributed by atoms with Crippen molar-refractivity contribution in [1.29, 1.82) is 0 Å². The van der Waals surface area contributed by atoms with Crippen molar-refractivity contribution in [1.82, 2.24) is 5.32 Å². The molecule has 18 heavy (non-hydrogen) atoms. The topological polar surface area (TPSA) is 64.3 Å². The van der Waals surface area contributed by atoms with Gasteiger partial charge < -0.3 is 15.8 Å². The van der Waals surface area contributed by atoms with Crippen molar-refractivity contribution < 1.29 is 13.9 Å². The minimum Gasteiger partial charge on any atom is -0.494 e. The fourth-order valence-electron chi connectivity index (χ4n) is 1.69. The van der Waals surface area contributed by atoms with Gasteiger partial charge in [0.05, 0.1) is 13.7 Å². The molecule has 0 spiro atoms. The van der Waals surface area contributed by atoms with E-state index in [4.69, 9.17) is 10.5 Å². The standard InChI is InChI=1S/C13H19FN2O2/c1-13(2,8-16-7-12(15)17)9-4-5-11(18-3)10(14)6-9/h4-6,16H,7-8H2,1-3H3,(H2,15,17). The summed E-state index contributed by atoms with van der Waals surface area (Å²) in [6, 6.07) is 4.86. The Kier molecular flexibility index (Phi) is 4.67. The number of nitrogens with one attached hydrogen (secondary N) is 1. The maximum atomic E-state index is 13.6. The number of hydrogen-bond donors (Lipinski definition) is 2. The van der Waals surface area contributed by atoms with Crippen molar-refractivity contribution >= 4 is 5.91 Å². The fourth-order valence-corrected chi connectivity index (χ4v) is 1.69. The molecule has 1 aromatic rings. The number of rotatable bonds is 6. The van der Waals surface area contributed by atoms with Gasteiger partial charge in [-0.05, 0) is 17.7 Å². The Hall–Kier alpha value is -1.62. The van der Waals surface area contributed by atoms with Gasteiger partial charge >= 0.3 is 0 Å². The first kappa shape index (κ1) is 14.4. The van der Waals surface area contributed by atoms with Crippen LogP contribution in [0, 0.1) is 5.82 Å². The van der Waals surface area contributed by atoms with Crippen LogP contribution < -0.4 is 15.8 Å². The number of benzene rings is 1. The zero-order chi connectivity index (χ0) is 13.8. The molecular weight excluding hydrogens is 235 g/mol. The van der Waals surface area contributed by atoms with E-state index in [1.807, 2.05) is 19.9 Å². The van der Waals surface area contributed by atoms with Crippen molar-refractivity contribution in [3.05, 3.63) is 29.6 Å². The molecule has 0 saturated heterocycles. The van der Waals surface area contributed by atoms with Gasteiger partial charge in [0, 0.05) is 12.0 Å². The van der Waals surface area contributed by atoms with Crippen molar-refractivity contribution in [3.63, 3.8) is 0 Å². The van der Waals surface area contributed by atoms with Gasteiger partial charge in [-0.1, -0.05) is 19.9 Å². The van der Waals surface area contributed by atoms with Gasteiger partial charge in [-0.3, -0.25) is 4.79 Å². The van der Waals surface area contributed by atoms with Crippen LogP contribution in [-0.2, 0) is 10.2 Å². The monoisotopic (exact) mass is 254 g/mol. The van der Waals surface area contributed by atoms with Gasteiger partial charge in [0.2, 0.25) is 5.91 Å². The van der Waals surface area contributed by atoms with E-state index in [1.54, 1.807) is 6.07 Å². The summed E-state index contributed by atoms with van der Waals surface area (Å²) >= 11 is 0. The van der Waals surface area contributed by atoms with Gasteiger partial charge in [-0.25, -0.2) is 4.39 Å². The number of carbonyl (C=O) groups excluding carboxylic acids is 1. The lowest BCUT2D eigenvalue weighted by atomic mass is 9.84. The van der Waals surface area contributed by atoms with Gasteiger partial charge in [0.25, 0.3) is 0 Å². The maximum absolute atomic E-state index is 13.6. The van der Waals surface area contributed by atoms with Crippen LogP contribution in [0.1, 0.15) is 19.4 Å². The molecule has 5 heteroatoms. The smallest absolute Gasteiger partial charge is 0.231 e. The van der Waals surface area contributed by atoms with Crippen LogP contribution in [0.3, 0.4) is 0 Å². The van der Waals surface area contributed by atoms with Crippen LogP contribution in [0.5, 0.6) is 5.75 Å². The second-order valence-electron chi connectivity index (χ2n) is 4.80. The molecule has 100 valence electrons. The van der Waals surface area contributed by atoms with E-state index in [0.717, 1.165) is 5.56 Å². The van der Waals surface area contributed by atoms with Crippen molar-refractivity contribution in [2.24, 2.45) is 5.73 Å². The summed E-state index contributed by atoms with van der Waals surface area (Å²) in [7, 11) is 1.43. The molecule has 3 N–H and O–H groups in total.